The van der Waals surface area contributed by atoms with Crippen LogP contribution in [0.3, 0.4) is 0 Å². The maximum Gasteiger partial charge on any atom is 0.228 e. The average Bonchev–Trinajstić information content (AvgIpc) is 3.00. The number of rotatable bonds is 3. The fourth-order valence-electron chi connectivity index (χ4n) is 2.46. The van der Waals surface area contributed by atoms with Gasteiger partial charge in [0.2, 0.25) is 5.91 Å². The van der Waals surface area contributed by atoms with Crippen molar-refractivity contribution in [3.8, 4) is 0 Å². The molecule has 1 atom stereocenters. The number of ether oxygens (including phenoxy) is 1. The number of hydrogen-bond acceptors (Lipinski definition) is 3. The van der Waals surface area contributed by atoms with E-state index in [2.05, 4.69) is 0 Å². The molecule has 1 saturated heterocycles. The molecule has 5 heteroatoms. The Balaban J connectivity index is 1.66. The third kappa shape index (κ3) is 3.64. The van der Waals surface area contributed by atoms with Crippen LogP contribution >= 0.6 is 22.9 Å². The molecule has 0 saturated carbocycles. The number of carbonyl (C=O) groups is 1. The maximum absolute atomic E-state index is 12.4. The summed E-state index contributed by atoms with van der Waals surface area (Å²) in [6, 6.07) is 11.6. The van der Waals surface area contributed by atoms with Gasteiger partial charge >= 0.3 is 0 Å². The summed E-state index contributed by atoms with van der Waals surface area (Å²) < 4.78 is 5.78. The Bertz CT molecular complexity index is 614. The molecule has 2 heterocycles. The summed E-state index contributed by atoms with van der Waals surface area (Å²) in [5, 5.41) is 2.69. The first-order chi connectivity index (χ1) is 10.2. The van der Waals surface area contributed by atoms with Crippen LogP contribution in [0, 0.1) is 0 Å². The number of morpholine rings is 1. The van der Waals surface area contributed by atoms with Gasteiger partial charge in [-0.25, -0.2) is 0 Å². The summed E-state index contributed by atoms with van der Waals surface area (Å²) in [6.45, 7) is 1.80. The van der Waals surface area contributed by atoms with Crippen LogP contribution in [-0.2, 0) is 16.0 Å². The van der Waals surface area contributed by atoms with Gasteiger partial charge in [-0.2, -0.15) is 0 Å². The Hall–Kier alpha value is -1.36. The monoisotopic (exact) mass is 321 g/mol. The van der Waals surface area contributed by atoms with E-state index in [1.54, 1.807) is 11.3 Å². The van der Waals surface area contributed by atoms with E-state index >= 15 is 0 Å². The van der Waals surface area contributed by atoms with Crippen LogP contribution in [0.1, 0.15) is 16.5 Å². The first kappa shape index (κ1) is 14.6. The molecule has 1 fully saturated rings. The molecule has 1 aromatic carbocycles. The van der Waals surface area contributed by atoms with Crippen LogP contribution in [0.2, 0.25) is 5.02 Å². The molecule has 1 amide bonds. The molecule has 0 aliphatic carbocycles. The number of halogens is 1. The van der Waals surface area contributed by atoms with Gasteiger partial charge in [0.15, 0.2) is 0 Å². The smallest absolute Gasteiger partial charge is 0.228 e. The van der Waals surface area contributed by atoms with Crippen LogP contribution in [0.25, 0.3) is 0 Å². The Morgan fingerprint density at radius 2 is 2.29 bits per heavy atom. The zero-order valence-electron chi connectivity index (χ0n) is 11.5. The van der Waals surface area contributed by atoms with Gasteiger partial charge in [0.25, 0.3) is 0 Å². The Kier molecular flexibility index (Phi) is 4.58. The van der Waals surface area contributed by atoms with Crippen molar-refractivity contribution < 1.29 is 9.53 Å². The predicted molar refractivity (Wildman–Crippen MR) is 84.7 cm³/mol. The molecule has 1 aliphatic rings. The molecule has 3 rings (SSSR count). The van der Waals surface area contributed by atoms with Crippen molar-refractivity contribution in [1.82, 2.24) is 4.90 Å². The van der Waals surface area contributed by atoms with E-state index in [1.165, 1.54) is 0 Å². The quantitative estimate of drug-likeness (QED) is 0.865. The molecule has 0 radical (unpaired) electrons. The van der Waals surface area contributed by atoms with Crippen molar-refractivity contribution >= 4 is 28.8 Å². The summed E-state index contributed by atoms with van der Waals surface area (Å²) in [5.74, 6) is 0.160. The number of hydrogen-bond donors (Lipinski definition) is 0. The van der Waals surface area contributed by atoms with E-state index in [0.717, 1.165) is 10.4 Å². The second-order valence-corrected chi connectivity index (χ2v) is 6.48. The van der Waals surface area contributed by atoms with E-state index in [-0.39, 0.29) is 12.0 Å². The van der Waals surface area contributed by atoms with Crippen molar-refractivity contribution in [2.24, 2.45) is 0 Å². The molecular weight excluding hydrogens is 306 g/mol. The lowest BCUT2D eigenvalue weighted by molar-refractivity contribution is -0.138. The highest BCUT2D eigenvalue weighted by molar-refractivity contribution is 7.10. The lowest BCUT2D eigenvalue weighted by Gasteiger charge is -2.33. The number of thiophene rings is 1. The van der Waals surface area contributed by atoms with Gasteiger partial charge in [0.1, 0.15) is 6.10 Å². The third-order valence-electron chi connectivity index (χ3n) is 3.55. The minimum Gasteiger partial charge on any atom is -0.370 e. The Morgan fingerprint density at radius 3 is 3.05 bits per heavy atom. The van der Waals surface area contributed by atoms with Crippen molar-refractivity contribution in [2.45, 2.75) is 12.5 Å². The molecule has 110 valence electrons. The van der Waals surface area contributed by atoms with Crippen LogP contribution in [-0.4, -0.2) is 30.5 Å². The highest BCUT2D eigenvalue weighted by Crippen LogP contribution is 2.25. The molecule has 0 spiro atoms. The van der Waals surface area contributed by atoms with Crippen molar-refractivity contribution in [2.75, 3.05) is 19.7 Å². The maximum atomic E-state index is 12.4. The average molecular weight is 322 g/mol. The third-order valence-corrected chi connectivity index (χ3v) is 4.66. The van der Waals surface area contributed by atoms with E-state index in [4.69, 9.17) is 16.3 Å². The van der Waals surface area contributed by atoms with Crippen molar-refractivity contribution in [1.29, 1.82) is 0 Å². The fourth-order valence-corrected chi connectivity index (χ4v) is 3.35. The van der Waals surface area contributed by atoms with Crippen molar-refractivity contribution in [3.63, 3.8) is 0 Å². The largest absolute Gasteiger partial charge is 0.370 e. The number of nitrogens with zero attached hydrogens (tertiary/aromatic N) is 1. The molecule has 2 aromatic rings. The molecule has 1 unspecified atom stereocenters. The van der Waals surface area contributed by atoms with Crippen LogP contribution in [0.5, 0.6) is 0 Å². The molecule has 3 nitrogen and oxygen atoms in total. The molecule has 0 bridgehead atoms. The number of carbonyl (C=O) groups excluding carboxylic acids is 1. The molecule has 0 N–H and O–H groups in total. The zero-order valence-corrected chi connectivity index (χ0v) is 13.1. The topological polar surface area (TPSA) is 29.5 Å². The van der Waals surface area contributed by atoms with Gasteiger partial charge in [-0.05, 0) is 29.1 Å². The first-order valence-corrected chi connectivity index (χ1v) is 8.15. The molecular formula is C16H16ClNO2S. The van der Waals surface area contributed by atoms with E-state index in [0.29, 0.717) is 31.1 Å². The Morgan fingerprint density at radius 1 is 1.38 bits per heavy atom. The lowest BCUT2D eigenvalue weighted by atomic mass is 10.1. The minimum absolute atomic E-state index is 0.0928. The SMILES string of the molecule is O=C(Cc1cccs1)N1CCOC(c2cccc(Cl)c2)C1. The number of amides is 1. The standard InChI is InChI=1S/C16H16ClNO2S/c17-13-4-1-3-12(9-13)15-11-18(6-7-20-15)16(19)10-14-5-2-8-21-14/h1-5,8-9,15H,6-7,10-11H2. The fraction of sp³-hybridized carbons (Fsp3) is 0.312. The normalized spacial score (nSPS) is 18.7. The first-order valence-electron chi connectivity index (χ1n) is 6.89. The minimum atomic E-state index is -0.0928. The van der Waals surface area contributed by atoms with Gasteiger partial charge in [-0.3, -0.25) is 4.79 Å². The molecule has 1 aliphatic heterocycles. The van der Waals surface area contributed by atoms with Crippen LogP contribution in [0.4, 0.5) is 0 Å². The molecule has 21 heavy (non-hydrogen) atoms. The van der Waals surface area contributed by atoms with Gasteiger partial charge < -0.3 is 9.64 Å². The van der Waals surface area contributed by atoms with E-state index in [9.17, 15) is 4.79 Å². The second-order valence-electron chi connectivity index (χ2n) is 5.01. The van der Waals surface area contributed by atoms with E-state index < -0.39 is 0 Å². The zero-order chi connectivity index (χ0) is 14.7. The molecule has 1 aromatic heterocycles. The van der Waals surface area contributed by atoms with Crippen LogP contribution in [0.15, 0.2) is 41.8 Å². The summed E-state index contributed by atoms with van der Waals surface area (Å²) in [4.78, 5) is 15.3. The van der Waals surface area contributed by atoms with Crippen LogP contribution < -0.4 is 0 Å². The summed E-state index contributed by atoms with van der Waals surface area (Å²) >= 11 is 7.64. The van der Waals surface area contributed by atoms with Crippen molar-refractivity contribution in [3.05, 3.63) is 57.2 Å². The highest BCUT2D eigenvalue weighted by Gasteiger charge is 2.25. The predicted octanol–water partition coefficient (Wildman–Crippen LogP) is 3.54. The summed E-state index contributed by atoms with van der Waals surface area (Å²) in [7, 11) is 0. The van der Waals surface area contributed by atoms with Gasteiger partial charge in [-0.1, -0.05) is 29.8 Å². The second kappa shape index (κ2) is 6.60. The summed E-state index contributed by atoms with van der Waals surface area (Å²) in [6.07, 6.45) is 0.379. The number of benzene rings is 1. The lowest BCUT2D eigenvalue weighted by Crippen LogP contribution is -2.42. The van der Waals surface area contributed by atoms with Gasteiger partial charge in [0.05, 0.1) is 19.6 Å². The Labute approximate surface area is 133 Å². The summed E-state index contributed by atoms with van der Waals surface area (Å²) in [5.41, 5.74) is 1.02. The van der Waals surface area contributed by atoms with Gasteiger partial charge in [0, 0.05) is 16.4 Å². The van der Waals surface area contributed by atoms with E-state index in [1.807, 2.05) is 46.7 Å². The highest BCUT2D eigenvalue weighted by atomic mass is 35.5. The van der Waals surface area contributed by atoms with Gasteiger partial charge in [-0.15, -0.1) is 11.3 Å².